The summed E-state index contributed by atoms with van der Waals surface area (Å²) in [6.07, 6.45) is 14.5. The molecule has 5 heterocycles. The average Bonchev–Trinajstić information content (AvgIpc) is 3.37. The van der Waals surface area contributed by atoms with Crippen LogP contribution in [0.4, 0.5) is 19.0 Å². The van der Waals surface area contributed by atoms with Crippen LogP contribution in [0.5, 0.6) is 6.01 Å². The van der Waals surface area contributed by atoms with Gasteiger partial charge in [0.25, 0.3) is 0 Å². The Bertz CT molecular complexity index is 1760. The van der Waals surface area contributed by atoms with Gasteiger partial charge in [-0.2, -0.15) is 9.97 Å². The number of alkyl halides is 1. The second-order valence-corrected chi connectivity index (χ2v) is 11.4. The molecule has 0 aliphatic carbocycles. The summed E-state index contributed by atoms with van der Waals surface area (Å²) in [5.74, 6) is 1.74. The largest absolute Gasteiger partial charge is 0.461 e. The van der Waals surface area contributed by atoms with Crippen LogP contribution in [0, 0.1) is 24.0 Å². The molecule has 0 bridgehead atoms. The van der Waals surface area contributed by atoms with Crippen molar-refractivity contribution in [2.75, 3.05) is 37.7 Å². The first-order valence-electron chi connectivity index (χ1n) is 14.4. The van der Waals surface area contributed by atoms with Crippen LogP contribution in [0.1, 0.15) is 37.7 Å². The second kappa shape index (κ2) is 10.6. The number of hydrogen-bond donors (Lipinski definition) is 0. The van der Waals surface area contributed by atoms with E-state index in [1.165, 1.54) is 6.07 Å². The number of hydrogen-bond acceptors (Lipinski definition) is 6. The number of ether oxygens (including phenoxy) is 1. The maximum atomic E-state index is 16.6. The molecule has 0 spiro atoms. The number of anilines is 1. The predicted octanol–water partition coefficient (Wildman–Crippen LogP) is 6.22. The molecule has 9 heteroatoms. The summed E-state index contributed by atoms with van der Waals surface area (Å²) in [4.78, 5) is 18.1. The van der Waals surface area contributed by atoms with E-state index in [9.17, 15) is 8.78 Å². The van der Waals surface area contributed by atoms with Gasteiger partial charge in [-0.25, -0.2) is 13.2 Å². The molecule has 0 N–H and O–H groups in total. The molecular formula is C33H30F3N5O. The molecule has 42 heavy (non-hydrogen) atoms. The summed E-state index contributed by atoms with van der Waals surface area (Å²) < 4.78 is 51.9. The van der Waals surface area contributed by atoms with Gasteiger partial charge in [0.15, 0.2) is 5.82 Å². The lowest BCUT2D eigenvalue weighted by Crippen LogP contribution is -2.43. The third-order valence-electron chi connectivity index (χ3n) is 8.87. The molecule has 6 nitrogen and oxygen atoms in total. The lowest BCUT2D eigenvalue weighted by molar-refractivity contribution is 0.107. The third-order valence-corrected chi connectivity index (χ3v) is 8.87. The van der Waals surface area contributed by atoms with Crippen LogP contribution in [0.2, 0.25) is 0 Å². The van der Waals surface area contributed by atoms with Crippen LogP contribution in [0.15, 0.2) is 48.7 Å². The van der Waals surface area contributed by atoms with Crippen molar-refractivity contribution in [1.82, 2.24) is 19.9 Å². The quantitative estimate of drug-likeness (QED) is 0.210. The SMILES string of the molecule is C#Cc1c(F)ccc2cccc(-c3ncc4c(N5CCC=CCC5)nc(OC[C@@]56CCCN5C[C@H](F)C6)nc4c3F)c12. The summed E-state index contributed by atoms with van der Waals surface area (Å²) in [7, 11) is 0. The summed E-state index contributed by atoms with van der Waals surface area (Å²) in [6, 6.07) is 8.21. The minimum absolute atomic E-state index is 0.0139. The Kier molecular flexibility index (Phi) is 6.74. The molecule has 3 aliphatic rings. The normalized spacial score (nSPS) is 22.4. The molecule has 2 atom stereocenters. The van der Waals surface area contributed by atoms with Crippen molar-refractivity contribution in [3.05, 3.63) is 65.9 Å². The Morgan fingerprint density at radius 3 is 2.71 bits per heavy atom. The van der Waals surface area contributed by atoms with Gasteiger partial charge in [0.05, 0.1) is 16.5 Å². The van der Waals surface area contributed by atoms with E-state index in [-0.39, 0.29) is 29.4 Å². The van der Waals surface area contributed by atoms with E-state index in [2.05, 4.69) is 37.8 Å². The number of aromatic nitrogens is 3. The van der Waals surface area contributed by atoms with Crippen molar-refractivity contribution < 1.29 is 17.9 Å². The fourth-order valence-electron chi connectivity index (χ4n) is 6.87. The minimum Gasteiger partial charge on any atom is -0.461 e. The molecule has 7 rings (SSSR count). The molecule has 0 radical (unpaired) electrons. The molecule has 3 aliphatic heterocycles. The highest BCUT2D eigenvalue weighted by atomic mass is 19.1. The Labute approximate surface area is 242 Å². The Hall–Kier alpha value is -4.16. The molecule has 0 unspecified atom stereocenters. The fraction of sp³-hybridized carbons (Fsp3) is 0.364. The van der Waals surface area contributed by atoms with Crippen molar-refractivity contribution >= 4 is 27.5 Å². The molecule has 2 aromatic carbocycles. The highest BCUT2D eigenvalue weighted by Crippen LogP contribution is 2.41. The van der Waals surface area contributed by atoms with Crippen LogP contribution in [0.3, 0.4) is 0 Å². The minimum atomic E-state index is -0.893. The van der Waals surface area contributed by atoms with E-state index in [1.807, 2.05) is 0 Å². The maximum absolute atomic E-state index is 16.6. The van der Waals surface area contributed by atoms with Gasteiger partial charge in [-0.05, 0) is 43.7 Å². The zero-order valence-electron chi connectivity index (χ0n) is 23.1. The van der Waals surface area contributed by atoms with Gasteiger partial charge in [-0.3, -0.25) is 9.88 Å². The van der Waals surface area contributed by atoms with Gasteiger partial charge < -0.3 is 9.64 Å². The van der Waals surface area contributed by atoms with Crippen molar-refractivity contribution in [3.63, 3.8) is 0 Å². The monoisotopic (exact) mass is 569 g/mol. The number of nitrogens with zero attached hydrogens (tertiary/aromatic N) is 5. The highest BCUT2D eigenvalue weighted by molar-refractivity contribution is 6.02. The summed E-state index contributed by atoms with van der Waals surface area (Å²) in [5.41, 5.74) is 0.104. The average molecular weight is 570 g/mol. The number of pyridine rings is 1. The zero-order valence-corrected chi connectivity index (χ0v) is 23.1. The van der Waals surface area contributed by atoms with Crippen LogP contribution >= 0.6 is 0 Å². The number of benzene rings is 2. The van der Waals surface area contributed by atoms with E-state index in [1.54, 1.807) is 30.5 Å². The van der Waals surface area contributed by atoms with Crippen LogP contribution in [-0.4, -0.2) is 64.3 Å². The molecule has 0 saturated carbocycles. The Morgan fingerprint density at radius 2 is 1.90 bits per heavy atom. The maximum Gasteiger partial charge on any atom is 0.319 e. The summed E-state index contributed by atoms with van der Waals surface area (Å²) in [6.45, 7) is 2.86. The van der Waals surface area contributed by atoms with E-state index < -0.39 is 23.3 Å². The lowest BCUT2D eigenvalue weighted by Gasteiger charge is -2.31. The summed E-state index contributed by atoms with van der Waals surface area (Å²) in [5, 5.41) is 1.55. The van der Waals surface area contributed by atoms with Gasteiger partial charge in [-0.1, -0.05) is 42.3 Å². The van der Waals surface area contributed by atoms with Crippen molar-refractivity contribution in [3.8, 4) is 29.6 Å². The van der Waals surface area contributed by atoms with E-state index >= 15 is 4.39 Å². The van der Waals surface area contributed by atoms with Crippen LogP contribution in [-0.2, 0) is 0 Å². The van der Waals surface area contributed by atoms with E-state index in [0.717, 1.165) is 32.2 Å². The van der Waals surface area contributed by atoms with Gasteiger partial charge in [0, 0.05) is 43.2 Å². The zero-order chi connectivity index (χ0) is 28.8. The molecule has 2 saturated heterocycles. The highest BCUT2D eigenvalue weighted by Gasteiger charge is 2.49. The molecular weight excluding hydrogens is 539 g/mol. The first kappa shape index (κ1) is 26.7. The first-order chi connectivity index (χ1) is 20.5. The van der Waals surface area contributed by atoms with E-state index in [0.29, 0.717) is 53.6 Å². The topological polar surface area (TPSA) is 54.4 Å². The smallest absolute Gasteiger partial charge is 0.319 e. The number of terminal acetylenes is 1. The number of fused-ring (bicyclic) bond motifs is 3. The molecule has 0 amide bonds. The lowest BCUT2D eigenvalue weighted by atomic mass is 9.95. The molecule has 214 valence electrons. The third kappa shape index (κ3) is 4.45. The van der Waals surface area contributed by atoms with Crippen LogP contribution in [0.25, 0.3) is 32.9 Å². The van der Waals surface area contributed by atoms with Crippen molar-refractivity contribution in [1.29, 1.82) is 0 Å². The summed E-state index contributed by atoms with van der Waals surface area (Å²) >= 11 is 0. The van der Waals surface area contributed by atoms with Gasteiger partial charge in [0.2, 0.25) is 0 Å². The number of halogens is 3. The number of rotatable bonds is 5. The van der Waals surface area contributed by atoms with Gasteiger partial charge in [0.1, 0.15) is 35.6 Å². The predicted molar refractivity (Wildman–Crippen MR) is 157 cm³/mol. The van der Waals surface area contributed by atoms with Crippen LogP contribution < -0.4 is 9.64 Å². The van der Waals surface area contributed by atoms with Gasteiger partial charge >= 0.3 is 6.01 Å². The molecule has 4 aromatic rings. The van der Waals surface area contributed by atoms with Crippen molar-refractivity contribution in [2.24, 2.45) is 0 Å². The van der Waals surface area contributed by atoms with Crippen molar-refractivity contribution in [2.45, 2.75) is 43.8 Å². The molecule has 2 fully saturated rings. The molecule has 2 aromatic heterocycles. The van der Waals surface area contributed by atoms with Gasteiger partial charge in [-0.15, -0.1) is 6.42 Å². The first-order valence-corrected chi connectivity index (χ1v) is 14.4. The second-order valence-electron chi connectivity index (χ2n) is 11.4. The fourth-order valence-corrected chi connectivity index (χ4v) is 6.87. The Morgan fingerprint density at radius 1 is 1.07 bits per heavy atom. The Balaban J connectivity index is 1.36. The van der Waals surface area contributed by atoms with E-state index in [4.69, 9.17) is 16.1 Å². The standard InChI is InChI=1S/C33H30F3N5O/c1-2-23-26(35)12-11-21-9-7-10-24(27(21)23)29-28(36)30-25(18-37-29)31(40-14-5-3-4-6-15-40)39-32(38-30)42-20-33-13-8-16-41(33)19-22(34)17-33/h1,3-4,7,9-12,18,22H,5-6,8,13-17,19-20H2/t22-,33+/m1/s1.